The van der Waals surface area contributed by atoms with Crippen molar-refractivity contribution in [3.63, 3.8) is 0 Å². The van der Waals surface area contributed by atoms with Crippen LogP contribution in [0.1, 0.15) is 18.1 Å². The summed E-state index contributed by atoms with van der Waals surface area (Å²) >= 11 is 0. The van der Waals surface area contributed by atoms with Gasteiger partial charge in [-0.05, 0) is 32.5 Å². The molecule has 8 heteroatoms. The first-order chi connectivity index (χ1) is 11.4. The van der Waals surface area contributed by atoms with E-state index in [1.54, 1.807) is 7.05 Å². The van der Waals surface area contributed by atoms with Crippen molar-refractivity contribution in [2.24, 2.45) is 7.05 Å². The lowest BCUT2D eigenvalue weighted by Gasteiger charge is -2.23. The minimum atomic E-state index is -0.726. The van der Waals surface area contributed by atoms with Crippen LogP contribution < -0.4 is 4.90 Å². The molecule has 1 aromatic heterocycles. The monoisotopic (exact) mass is 335 g/mol. The van der Waals surface area contributed by atoms with Crippen LogP contribution in [0.25, 0.3) is 0 Å². The number of rotatable bonds is 4. The number of hydrogen-bond donors (Lipinski definition) is 0. The molecule has 0 bridgehead atoms. The molecule has 2 aromatic rings. The third-order valence-corrected chi connectivity index (χ3v) is 4.49. The van der Waals surface area contributed by atoms with Gasteiger partial charge >= 0.3 is 0 Å². The molecule has 1 aliphatic heterocycles. The van der Waals surface area contributed by atoms with Crippen LogP contribution in [-0.2, 0) is 18.4 Å². The van der Waals surface area contributed by atoms with Gasteiger partial charge in [0.1, 0.15) is 29.0 Å². The highest BCUT2D eigenvalue weighted by Crippen LogP contribution is 2.29. The predicted molar refractivity (Wildman–Crippen MR) is 84.3 cm³/mol. The molecule has 0 radical (unpaired) electrons. The molecule has 1 unspecified atom stereocenters. The normalized spacial score (nSPS) is 18.0. The summed E-state index contributed by atoms with van der Waals surface area (Å²) in [6.07, 6.45) is 0.500. The van der Waals surface area contributed by atoms with Crippen LogP contribution in [0.4, 0.5) is 14.5 Å². The Morgan fingerprint density at radius 3 is 2.54 bits per heavy atom. The molecule has 1 aliphatic rings. The van der Waals surface area contributed by atoms with Gasteiger partial charge in [-0.3, -0.25) is 9.69 Å². The van der Waals surface area contributed by atoms with Crippen molar-refractivity contribution in [1.29, 1.82) is 0 Å². The Labute approximate surface area is 138 Å². The zero-order valence-electron chi connectivity index (χ0n) is 13.8. The van der Waals surface area contributed by atoms with Crippen LogP contribution in [0.15, 0.2) is 18.2 Å². The predicted octanol–water partition coefficient (Wildman–Crippen LogP) is 1.64. The fourth-order valence-electron chi connectivity index (χ4n) is 2.96. The van der Waals surface area contributed by atoms with E-state index in [0.29, 0.717) is 13.0 Å². The van der Waals surface area contributed by atoms with E-state index in [9.17, 15) is 13.6 Å². The first kappa shape index (κ1) is 16.5. The number of anilines is 1. The van der Waals surface area contributed by atoms with Crippen molar-refractivity contribution < 1.29 is 13.6 Å². The Bertz CT molecular complexity index is 756. The molecule has 0 N–H and O–H groups in total. The van der Waals surface area contributed by atoms with E-state index in [4.69, 9.17) is 0 Å². The first-order valence-electron chi connectivity index (χ1n) is 7.70. The molecule has 2 heterocycles. The smallest absolute Gasteiger partial charge is 0.244 e. The summed E-state index contributed by atoms with van der Waals surface area (Å²) in [5, 5.41) is 8.08. The largest absolute Gasteiger partial charge is 0.317 e. The minimum absolute atomic E-state index is 0.270. The second kappa shape index (κ2) is 6.27. The van der Waals surface area contributed by atoms with Gasteiger partial charge in [0, 0.05) is 13.6 Å². The van der Waals surface area contributed by atoms with Gasteiger partial charge in [-0.1, -0.05) is 6.07 Å². The van der Waals surface area contributed by atoms with Gasteiger partial charge < -0.3 is 9.47 Å². The maximum Gasteiger partial charge on any atom is 0.244 e. The van der Waals surface area contributed by atoms with Gasteiger partial charge in [-0.2, -0.15) is 0 Å². The Morgan fingerprint density at radius 2 is 1.96 bits per heavy atom. The van der Waals surface area contributed by atoms with Crippen molar-refractivity contribution in [2.75, 3.05) is 18.5 Å². The van der Waals surface area contributed by atoms with Gasteiger partial charge in [0.15, 0.2) is 0 Å². The Balaban J connectivity index is 1.77. The van der Waals surface area contributed by atoms with Gasteiger partial charge in [0.25, 0.3) is 0 Å². The highest BCUT2D eigenvalue weighted by Gasteiger charge is 2.37. The minimum Gasteiger partial charge on any atom is -0.317 e. The Kier molecular flexibility index (Phi) is 4.31. The number of hydrogen-bond acceptors (Lipinski definition) is 4. The number of aromatic nitrogens is 3. The van der Waals surface area contributed by atoms with Crippen LogP contribution in [0.2, 0.25) is 0 Å². The SMILES string of the molecule is Cc1nnc(CN(C)C2CCN(c3c(F)cccc3F)C2=O)n1C. The Morgan fingerprint density at radius 1 is 1.29 bits per heavy atom. The lowest BCUT2D eigenvalue weighted by Crippen LogP contribution is -2.40. The average molecular weight is 335 g/mol. The highest BCUT2D eigenvalue weighted by atomic mass is 19.1. The van der Waals surface area contributed by atoms with Crippen molar-refractivity contribution >= 4 is 11.6 Å². The van der Waals surface area contributed by atoms with Crippen molar-refractivity contribution in [3.05, 3.63) is 41.5 Å². The summed E-state index contributed by atoms with van der Waals surface area (Å²) in [5.41, 5.74) is -0.270. The van der Waals surface area contributed by atoms with Crippen molar-refractivity contribution in [2.45, 2.75) is 25.9 Å². The summed E-state index contributed by atoms with van der Waals surface area (Å²) in [7, 11) is 3.66. The molecular formula is C16H19F2N5O. The number of nitrogens with zero attached hydrogens (tertiary/aromatic N) is 5. The summed E-state index contributed by atoms with van der Waals surface area (Å²) < 4.78 is 29.7. The number of carbonyl (C=O) groups is 1. The van der Waals surface area contributed by atoms with E-state index >= 15 is 0 Å². The number of aryl methyl sites for hydroxylation is 1. The molecule has 6 nitrogen and oxygen atoms in total. The molecule has 1 atom stereocenters. The highest BCUT2D eigenvalue weighted by molar-refractivity contribution is 5.99. The fourth-order valence-corrected chi connectivity index (χ4v) is 2.96. The number of likely N-dealkylation sites (N-methyl/N-ethyl adjacent to an activating group) is 1. The number of benzene rings is 1. The van der Waals surface area contributed by atoms with Crippen LogP contribution >= 0.6 is 0 Å². The zero-order valence-corrected chi connectivity index (χ0v) is 13.8. The quantitative estimate of drug-likeness (QED) is 0.852. The molecule has 1 amide bonds. The maximum absolute atomic E-state index is 13.9. The Hall–Kier alpha value is -2.35. The van der Waals surface area contributed by atoms with Gasteiger partial charge in [-0.25, -0.2) is 8.78 Å². The maximum atomic E-state index is 13.9. The molecule has 1 aromatic carbocycles. The fraction of sp³-hybridized carbons (Fsp3) is 0.438. The molecule has 0 spiro atoms. The van der Waals surface area contributed by atoms with Crippen molar-refractivity contribution in [3.8, 4) is 0 Å². The average Bonchev–Trinajstić information content (AvgIpc) is 3.05. The van der Waals surface area contributed by atoms with Gasteiger partial charge in [0.05, 0.1) is 12.6 Å². The van der Waals surface area contributed by atoms with E-state index in [0.717, 1.165) is 23.8 Å². The first-order valence-corrected chi connectivity index (χ1v) is 7.70. The summed E-state index contributed by atoms with van der Waals surface area (Å²) in [6, 6.07) is 3.16. The number of amides is 1. The van der Waals surface area contributed by atoms with Crippen LogP contribution in [-0.4, -0.2) is 45.2 Å². The summed E-state index contributed by atoms with van der Waals surface area (Å²) in [4.78, 5) is 15.7. The van der Waals surface area contributed by atoms with Gasteiger partial charge in [0.2, 0.25) is 5.91 Å². The second-order valence-electron chi connectivity index (χ2n) is 6.00. The molecule has 0 saturated carbocycles. The second-order valence-corrected chi connectivity index (χ2v) is 6.00. The lowest BCUT2D eigenvalue weighted by molar-refractivity contribution is -0.121. The van der Waals surface area contributed by atoms with E-state index in [1.807, 2.05) is 23.4 Å². The lowest BCUT2D eigenvalue weighted by atomic mass is 10.2. The van der Waals surface area contributed by atoms with Crippen LogP contribution in [0, 0.1) is 18.6 Å². The van der Waals surface area contributed by atoms with E-state index < -0.39 is 17.7 Å². The topological polar surface area (TPSA) is 54.3 Å². The molecule has 24 heavy (non-hydrogen) atoms. The van der Waals surface area contributed by atoms with Crippen LogP contribution in [0.5, 0.6) is 0 Å². The standard InChI is InChI=1S/C16H19F2N5O/c1-10-19-20-14(22(10)3)9-21(2)13-7-8-23(16(13)24)15-11(17)5-4-6-12(15)18/h4-6,13H,7-9H2,1-3H3. The van der Waals surface area contributed by atoms with E-state index in [2.05, 4.69) is 10.2 Å². The zero-order chi connectivity index (χ0) is 17.4. The number of halogens is 2. The summed E-state index contributed by atoms with van der Waals surface area (Å²) in [6.45, 7) is 2.56. The molecular weight excluding hydrogens is 316 g/mol. The van der Waals surface area contributed by atoms with Crippen LogP contribution in [0.3, 0.4) is 0 Å². The van der Waals surface area contributed by atoms with Crippen molar-refractivity contribution in [1.82, 2.24) is 19.7 Å². The van der Waals surface area contributed by atoms with Gasteiger partial charge in [-0.15, -0.1) is 10.2 Å². The number of para-hydroxylation sites is 1. The molecule has 3 rings (SSSR count). The molecule has 1 fully saturated rings. The summed E-state index contributed by atoms with van der Waals surface area (Å²) in [5.74, 6) is -0.240. The molecule has 1 saturated heterocycles. The molecule has 0 aliphatic carbocycles. The van der Waals surface area contributed by atoms with E-state index in [1.165, 1.54) is 11.0 Å². The molecule has 128 valence electrons. The van der Waals surface area contributed by atoms with E-state index in [-0.39, 0.29) is 18.1 Å². The third-order valence-electron chi connectivity index (χ3n) is 4.49. The third kappa shape index (κ3) is 2.77. The number of carbonyl (C=O) groups excluding carboxylic acids is 1.